The van der Waals surface area contributed by atoms with E-state index in [-0.39, 0.29) is 5.56 Å². The maximum atomic E-state index is 11.4. The molecule has 0 atom stereocenters. The van der Waals surface area contributed by atoms with Crippen LogP contribution in [-0.2, 0) is 0 Å². The van der Waals surface area contributed by atoms with Crippen LogP contribution >= 0.6 is 11.6 Å². The number of halogens is 1. The zero-order chi connectivity index (χ0) is 13.1. The molecule has 0 aromatic heterocycles. The average Bonchev–Trinajstić information content (AvgIpc) is 2.83. The number of rotatable bonds is 4. The summed E-state index contributed by atoms with van der Waals surface area (Å²) in [6.45, 7) is 2.87. The highest BCUT2D eigenvalue weighted by molar-refractivity contribution is 6.34. The summed E-state index contributed by atoms with van der Waals surface area (Å²) in [4.78, 5) is 13.5. The first kappa shape index (κ1) is 13.2. The van der Waals surface area contributed by atoms with Crippen molar-refractivity contribution >= 4 is 23.3 Å². The van der Waals surface area contributed by atoms with E-state index in [1.54, 1.807) is 6.07 Å². The fourth-order valence-corrected chi connectivity index (χ4v) is 3.06. The summed E-state index contributed by atoms with van der Waals surface area (Å²) in [6, 6.07) is 5.77. The topological polar surface area (TPSA) is 40.5 Å². The fourth-order valence-electron chi connectivity index (χ4n) is 2.80. The van der Waals surface area contributed by atoms with Crippen molar-refractivity contribution in [1.29, 1.82) is 0 Å². The quantitative estimate of drug-likeness (QED) is 0.902. The second-order valence-corrected chi connectivity index (χ2v) is 5.07. The van der Waals surface area contributed by atoms with Crippen LogP contribution in [0.2, 0.25) is 5.02 Å². The van der Waals surface area contributed by atoms with Crippen LogP contribution in [0.5, 0.6) is 0 Å². The van der Waals surface area contributed by atoms with Crippen molar-refractivity contribution in [1.82, 2.24) is 0 Å². The van der Waals surface area contributed by atoms with Crippen molar-refractivity contribution in [2.45, 2.75) is 38.6 Å². The van der Waals surface area contributed by atoms with Crippen LogP contribution in [0.4, 0.5) is 5.69 Å². The lowest BCUT2D eigenvalue weighted by atomic mass is 10.1. The van der Waals surface area contributed by atoms with Crippen LogP contribution in [0.1, 0.15) is 43.0 Å². The van der Waals surface area contributed by atoms with Gasteiger partial charge in [0, 0.05) is 12.6 Å². The van der Waals surface area contributed by atoms with Gasteiger partial charge in [-0.3, -0.25) is 0 Å². The number of nitrogens with zero attached hydrogens (tertiary/aromatic N) is 1. The van der Waals surface area contributed by atoms with Crippen LogP contribution in [0, 0.1) is 0 Å². The van der Waals surface area contributed by atoms with Gasteiger partial charge in [-0.2, -0.15) is 0 Å². The van der Waals surface area contributed by atoms with Gasteiger partial charge in [0.25, 0.3) is 0 Å². The summed E-state index contributed by atoms with van der Waals surface area (Å²) in [5.74, 6) is -0.952. The molecule has 0 unspecified atom stereocenters. The summed E-state index contributed by atoms with van der Waals surface area (Å²) in [6.07, 6.45) is 4.73. The molecule has 2 rings (SSSR count). The molecule has 1 saturated carbocycles. The van der Waals surface area contributed by atoms with E-state index in [1.165, 1.54) is 12.8 Å². The van der Waals surface area contributed by atoms with Gasteiger partial charge in [-0.15, -0.1) is 0 Å². The minimum atomic E-state index is -0.952. The van der Waals surface area contributed by atoms with E-state index < -0.39 is 5.97 Å². The molecule has 0 amide bonds. The molecule has 1 aromatic rings. The second kappa shape index (κ2) is 5.61. The average molecular weight is 268 g/mol. The van der Waals surface area contributed by atoms with E-state index in [9.17, 15) is 9.90 Å². The van der Waals surface area contributed by atoms with Crippen LogP contribution in [0.15, 0.2) is 18.2 Å². The monoisotopic (exact) mass is 267 g/mol. The van der Waals surface area contributed by atoms with Gasteiger partial charge in [0.1, 0.15) is 5.56 Å². The molecule has 0 spiro atoms. The third kappa shape index (κ3) is 2.46. The van der Waals surface area contributed by atoms with E-state index in [0.29, 0.717) is 11.1 Å². The Morgan fingerprint density at radius 1 is 1.44 bits per heavy atom. The summed E-state index contributed by atoms with van der Waals surface area (Å²) < 4.78 is 0. The van der Waals surface area contributed by atoms with Crippen molar-refractivity contribution in [3.8, 4) is 0 Å². The Morgan fingerprint density at radius 2 is 2.11 bits per heavy atom. The molecule has 0 bridgehead atoms. The molecule has 1 N–H and O–H groups in total. The molecular weight excluding hydrogens is 250 g/mol. The Hall–Kier alpha value is -1.22. The van der Waals surface area contributed by atoms with Crippen molar-refractivity contribution in [3.63, 3.8) is 0 Å². The van der Waals surface area contributed by atoms with Gasteiger partial charge >= 0.3 is 5.97 Å². The lowest BCUT2D eigenvalue weighted by Crippen LogP contribution is -2.34. The number of carboxylic acids is 1. The second-order valence-electron chi connectivity index (χ2n) is 4.66. The highest BCUT2D eigenvalue weighted by atomic mass is 35.5. The number of hydrogen-bond donors (Lipinski definition) is 1. The number of hydrogen-bond acceptors (Lipinski definition) is 2. The van der Waals surface area contributed by atoms with Gasteiger partial charge in [0.05, 0.1) is 10.7 Å². The maximum Gasteiger partial charge on any atom is 0.339 e. The number of carboxylic acid groups (broad SMARTS) is 1. The number of benzene rings is 1. The van der Waals surface area contributed by atoms with E-state index in [0.717, 1.165) is 25.1 Å². The third-order valence-corrected chi connectivity index (χ3v) is 3.94. The first-order chi connectivity index (χ1) is 8.65. The van der Waals surface area contributed by atoms with Gasteiger partial charge in [-0.05, 0) is 31.9 Å². The van der Waals surface area contributed by atoms with Gasteiger partial charge in [-0.25, -0.2) is 4.79 Å². The van der Waals surface area contributed by atoms with Gasteiger partial charge in [-0.1, -0.05) is 30.5 Å². The van der Waals surface area contributed by atoms with Crippen molar-refractivity contribution in [2.75, 3.05) is 11.4 Å². The SMILES string of the molecule is CCN(c1cccc(Cl)c1C(=O)O)C1CCCC1. The molecule has 0 saturated heterocycles. The van der Waals surface area contributed by atoms with Crippen LogP contribution < -0.4 is 4.90 Å². The molecule has 18 heavy (non-hydrogen) atoms. The largest absolute Gasteiger partial charge is 0.478 e. The van der Waals surface area contributed by atoms with E-state index in [1.807, 2.05) is 12.1 Å². The molecule has 1 aromatic carbocycles. The molecule has 1 aliphatic carbocycles. The summed E-state index contributed by atoms with van der Waals surface area (Å²) in [5, 5.41) is 9.64. The Labute approximate surface area is 112 Å². The lowest BCUT2D eigenvalue weighted by Gasteiger charge is -2.31. The summed E-state index contributed by atoms with van der Waals surface area (Å²) in [5.41, 5.74) is 0.984. The molecule has 1 fully saturated rings. The molecule has 0 heterocycles. The van der Waals surface area contributed by atoms with Gasteiger partial charge in [0.2, 0.25) is 0 Å². The third-order valence-electron chi connectivity index (χ3n) is 3.62. The Bertz CT molecular complexity index is 441. The van der Waals surface area contributed by atoms with Gasteiger partial charge in [0.15, 0.2) is 0 Å². The molecule has 1 aliphatic rings. The Morgan fingerprint density at radius 3 is 2.67 bits per heavy atom. The van der Waals surface area contributed by atoms with Crippen molar-refractivity contribution in [3.05, 3.63) is 28.8 Å². The maximum absolute atomic E-state index is 11.4. The van der Waals surface area contributed by atoms with E-state index >= 15 is 0 Å². The Balaban J connectivity index is 2.41. The summed E-state index contributed by atoms with van der Waals surface area (Å²) in [7, 11) is 0. The lowest BCUT2D eigenvalue weighted by molar-refractivity contribution is 0.0697. The van der Waals surface area contributed by atoms with E-state index in [2.05, 4.69) is 11.8 Å². The minimum Gasteiger partial charge on any atom is -0.478 e. The molecular formula is C14H18ClNO2. The summed E-state index contributed by atoms with van der Waals surface area (Å²) >= 11 is 6.02. The molecule has 0 aliphatic heterocycles. The number of carbonyl (C=O) groups is 1. The zero-order valence-electron chi connectivity index (χ0n) is 10.5. The first-order valence-electron chi connectivity index (χ1n) is 6.43. The zero-order valence-corrected chi connectivity index (χ0v) is 11.3. The number of anilines is 1. The van der Waals surface area contributed by atoms with Crippen LogP contribution in [0.25, 0.3) is 0 Å². The first-order valence-corrected chi connectivity index (χ1v) is 6.81. The fraction of sp³-hybridized carbons (Fsp3) is 0.500. The predicted molar refractivity (Wildman–Crippen MR) is 73.7 cm³/mol. The predicted octanol–water partition coefficient (Wildman–Crippen LogP) is 3.81. The van der Waals surface area contributed by atoms with Gasteiger partial charge < -0.3 is 10.0 Å². The van der Waals surface area contributed by atoms with Crippen LogP contribution in [0.3, 0.4) is 0 Å². The van der Waals surface area contributed by atoms with Crippen molar-refractivity contribution < 1.29 is 9.90 Å². The number of aromatic carboxylic acids is 1. The minimum absolute atomic E-state index is 0.230. The van der Waals surface area contributed by atoms with Crippen molar-refractivity contribution in [2.24, 2.45) is 0 Å². The van der Waals surface area contributed by atoms with Crippen LogP contribution in [-0.4, -0.2) is 23.7 Å². The standard InChI is InChI=1S/C14H18ClNO2/c1-2-16(10-6-3-4-7-10)12-9-5-8-11(15)13(12)14(17)18/h5,8-10H,2-4,6-7H2,1H3,(H,17,18). The molecule has 3 nitrogen and oxygen atoms in total. The molecule has 4 heteroatoms. The normalized spacial score (nSPS) is 15.9. The van der Waals surface area contributed by atoms with E-state index in [4.69, 9.17) is 11.6 Å². The molecule has 98 valence electrons. The highest BCUT2D eigenvalue weighted by Gasteiger charge is 2.26. The molecule has 0 radical (unpaired) electrons. The highest BCUT2D eigenvalue weighted by Crippen LogP contribution is 2.33. The Kier molecular flexibility index (Phi) is 4.12. The smallest absolute Gasteiger partial charge is 0.339 e.